The van der Waals surface area contributed by atoms with E-state index in [9.17, 15) is 0 Å². The zero-order valence-electron chi connectivity index (χ0n) is 13.2. The van der Waals surface area contributed by atoms with Gasteiger partial charge in [0.25, 0.3) is 0 Å². The van der Waals surface area contributed by atoms with Gasteiger partial charge in [-0.15, -0.1) is 0 Å². The van der Waals surface area contributed by atoms with E-state index in [0.29, 0.717) is 0 Å². The molecule has 1 heterocycles. The lowest BCUT2D eigenvalue weighted by Crippen LogP contribution is -2.30. The van der Waals surface area contributed by atoms with Crippen LogP contribution in [0.25, 0.3) is 0 Å². The smallest absolute Gasteiger partial charge is 0.133 e. The van der Waals surface area contributed by atoms with Gasteiger partial charge in [-0.25, -0.2) is 9.97 Å². The van der Waals surface area contributed by atoms with Gasteiger partial charge in [-0.3, -0.25) is 0 Å². The molecule has 0 spiro atoms. The lowest BCUT2D eigenvalue weighted by molar-refractivity contribution is 0.300. The summed E-state index contributed by atoms with van der Waals surface area (Å²) in [7, 11) is 0. The van der Waals surface area contributed by atoms with Crippen LogP contribution in [-0.4, -0.2) is 47.6 Å². The summed E-state index contributed by atoms with van der Waals surface area (Å²) in [6, 6.07) is 2.01. The molecule has 114 valence electrons. The first-order valence-electron chi connectivity index (χ1n) is 7.65. The summed E-state index contributed by atoms with van der Waals surface area (Å²) >= 11 is 3.48. The third-order valence-electron chi connectivity index (χ3n) is 3.55. The Morgan fingerprint density at radius 2 is 1.70 bits per heavy atom. The molecule has 0 aliphatic carbocycles. The maximum absolute atomic E-state index is 4.63. The average Bonchev–Trinajstić information content (AvgIpc) is 2.47. The molecule has 1 aromatic heterocycles. The molecule has 0 unspecified atom stereocenters. The van der Waals surface area contributed by atoms with Crippen LogP contribution in [0.5, 0.6) is 0 Å². The zero-order valence-corrected chi connectivity index (χ0v) is 14.8. The fraction of sp³-hybridized carbons (Fsp3) is 0.733. The number of hydrogen-bond acceptors (Lipinski definition) is 4. The third kappa shape index (κ3) is 5.37. The molecule has 0 N–H and O–H groups in total. The Balaban J connectivity index is 2.64. The first kappa shape index (κ1) is 17.4. The number of hydrogen-bond donors (Lipinski definition) is 0. The van der Waals surface area contributed by atoms with Crippen LogP contribution in [0.4, 0.5) is 5.82 Å². The molecule has 4 nitrogen and oxygen atoms in total. The minimum atomic E-state index is 0.865. The van der Waals surface area contributed by atoms with E-state index in [4.69, 9.17) is 0 Å². The molecule has 0 atom stereocenters. The van der Waals surface area contributed by atoms with Gasteiger partial charge in [-0.1, -0.05) is 20.8 Å². The number of aryl methyl sites for hydroxylation is 1. The van der Waals surface area contributed by atoms with Gasteiger partial charge in [-0.05, 0) is 48.9 Å². The fourth-order valence-corrected chi connectivity index (χ4v) is 2.64. The highest BCUT2D eigenvalue weighted by molar-refractivity contribution is 9.10. The Morgan fingerprint density at radius 1 is 1.00 bits per heavy atom. The molecular weight excluding hydrogens is 316 g/mol. The van der Waals surface area contributed by atoms with Crippen LogP contribution in [0.1, 0.15) is 39.9 Å². The Hall–Kier alpha value is -0.680. The van der Waals surface area contributed by atoms with Crippen molar-refractivity contribution in [2.24, 2.45) is 0 Å². The molecule has 1 rings (SSSR count). The molecule has 0 fully saturated rings. The Kier molecular flexibility index (Phi) is 8.07. The Morgan fingerprint density at radius 3 is 2.25 bits per heavy atom. The standard InChI is InChI=1S/C15H27BrN4/c1-5-14-17-13(16)12-15(18-14)20(8-4)11-9-10-19(6-2)7-3/h12H,5-11H2,1-4H3. The van der Waals surface area contributed by atoms with Gasteiger partial charge < -0.3 is 9.80 Å². The predicted octanol–water partition coefficient (Wildman–Crippen LogP) is 3.36. The van der Waals surface area contributed by atoms with E-state index < -0.39 is 0 Å². The molecule has 0 saturated carbocycles. The molecule has 0 saturated heterocycles. The molecule has 0 bridgehead atoms. The van der Waals surface area contributed by atoms with Crippen LogP contribution in [0.3, 0.4) is 0 Å². The molecule has 0 aromatic carbocycles. The van der Waals surface area contributed by atoms with Gasteiger partial charge in [0.1, 0.15) is 16.2 Å². The quantitative estimate of drug-likeness (QED) is 0.644. The molecule has 0 amide bonds. The van der Waals surface area contributed by atoms with Gasteiger partial charge in [0.2, 0.25) is 0 Å². The van der Waals surface area contributed by atoms with Crippen molar-refractivity contribution in [1.29, 1.82) is 0 Å². The highest BCUT2D eigenvalue weighted by Crippen LogP contribution is 2.17. The lowest BCUT2D eigenvalue weighted by atomic mass is 10.3. The second kappa shape index (κ2) is 9.29. The minimum Gasteiger partial charge on any atom is -0.357 e. The summed E-state index contributed by atoms with van der Waals surface area (Å²) in [5, 5.41) is 0. The summed E-state index contributed by atoms with van der Waals surface area (Å²) in [4.78, 5) is 13.8. The number of aromatic nitrogens is 2. The molecule has 5 heteroatoms. The van der Waals surface area contributed by atoms with Gasteiger partial charge >= 0.3 is 0 Å². The fourth-order valence-electron chi connectivity index (χ4n) is 2.23. The monoisotopic (exact) mass is 342 g/mol. The summed E-state index contributed by atoms with van der Waals surface area (Å²) < 4.78 is 0.876. The van der Waals surface area contributed by atoms with Crippen molar-refractivity contribution in [2.75, 3.05) is 37.6 Å². The van der Waals surface area contributed by atoms with Gasteiger partial charge in [0.05, 0.1) is 0 Å². The minimum absolute atomic E-state index is 0.865. The predicted molar refractivity (Wildman–Crippen MR) is 89.4 cm³/mol. The van der Waals surface area contributed by atoms with Gasteiger partial charge in [-0.2, -0.15) is 0 Å². The van der Waals surface area contributed by atoms with Gasteiger partial charge in [0, 0.05) is 25.6 Å². The van der Waals surface area contributed by atoms with Gasteiger partial charge in [0.15, 0.2) is 0 Å². The van der Waals surface area contributed by atoms with Crippen molar-refractivity contribution < 1.29 is 0 Å². The number of rotatable bonds is 9. The van der Waals surface area contributed by atoms with Crippen LogP contribution in [-0.2, 0) is 6.42 Å². The van der Waals surface area contributed by atoms with Crippen molar-refractivity contribution in [2.45, 2.75) is 40.5 Å². The Bertz CT molecular complexity index is 393. The molecule has 1 aromatic rings. The summed E-state index contributed by atoms with van der Waals surface area (Å²) in [5.74, 6) is 1.93. The maximum Gasteiger partial charge on any atom is 0.133 e. The van der Waals surface area contributed by atoms with Crippen molar-refractivity contribution in [1.82, 2.24) is 14.9 Å². The summed E-state index contributed by atoms with van der Waals surface area (Å²) in [5.41, 5.74) is 0. The summed E-state index contributed by atoms with van der Waals surface area (Å²) in [6.45, 7) is 14.1. The second-order valence-corrected chi connectivity index (χ2v) is 5.59. The molecule has 20 heavy (non-hydrogen) atoms. The van der Waals surface area contributed by atoms with E-state index in [1.807, 2.05) is 6.07 Å². The maximum atomic E-state index is 4.63. The first-order chi connectivity index (χ1) is 9.64. The highest BCUT2D eigenvalue weighted by atomic mass is 79.9. The molecule has 0 aliphatic heterocycles. The van der Waals surface area contributed by atoms with E-state index in [1.54, 1.807) is 0 Å². The van der Waals surface area contributed by atoms with Crippen LogP contribution in [0, 0.1) is 0 Å². The molecule has 0 aliphatic rings. The second-order valence-electron chi connectivity index (χ2n) is 4.78. The van der Waals surface area contributed by atoms with Crippen molar-refractivity contribution in [3.63, 3.8) is 0 Å². The Labute approximate surface area is 131 Å². The zero-order chi connectivity index (χ0) is 15.0. The average molecular weight is 343 g/mol. The van der Waals surface area contributed by atoms with E-state index in [2.05, 4.69) is 63.4 Å². The topological polar surface area (TPSA) is 32.3 Å². The summed E-state index contributed by atoms with van der Waals surface area (Å²) in [6.07, 6.45) is 2.03. The number of nitrogens with zero attached hydrogens (tertiary/aromatic N) is 4. The lowest BCUT2D eigenvalue weighted by Gasteiger charge is -2.24. The van der Waals surface area contributed by atoms with Crippen molar-refractivity contribution in [3.8, 4) is 0 Å². The largest absolute Gasteiger partial charge is 0.357 e. The van der Waals surface area contributed by atoms with Crippen LogP contribution < -0.4 is 4.90 Å². The van der Waals surface area contributed by atoms with E-state index in [-0.39, 0.29) is 0 Å². The SMILES string of the molecule is CCc1nc(Br)cc(N(CC)CCCN(CC)CC)n1. The van der Waals surface area contributed by atoms with E-state index in [0.717, 1.165) is 55.4 Å². The number of halogens is 1. The first-order valence-corrected chi connectivity index (χ1v) is 8.44. The van der Waals surface area contributed by atoms with Crippen molar-refractivity contribution >= 4 is 21.7 Å². The number of anilines is 1. The van der Waals surface area contributed by atoms with Crippen molar-refractivity contribution in [3.05, 3.63) is 16.5 Å². The molecule has 0 radical (unpaired) electrons. The molecular formula is C15H27BrN4. The third-order valence-corrected chi connectivity index (χ3v) is 3.95. The highest BCUT2D eigenvalue weighted by Gasteiger charge is 2.09. The van der Waals surface area contributed by atoms with E-state index in [1.165, 1.54) is 6.42 Å². The van der Waals surface area contributed by atoms with Crippen LogP contribution in [0.15, 0.2) is 10.7 Å². The van der Waals surface area contributed by atoms with Crippen LogP contribution in [0.2, 0.25) is 0 Å². The van der Waals surface area contributed by atoms with Crippen LogP contribution >= 0.6 is 15.9 Å². The van der Waals surface area contributed by atoms with E-state index >= 15 is 0 Å². The normalized spacial score (nSPS) is 11.1.